The van der Waals surface area contributed by atoms with E-state index in [9.17, 15) is 4.79 Å². The fraction of sp³-hybridized carbons (Fsp3) is 0.500. The van der Waals surface area contributed by atoms with E-state index in [0.717, 1.165) is 0 Å². The minimum Gasteiger partial charge on any atom is -0.478 e. The minimum atomic E-state index is -0.952. The van der Waals surface area contributed by atoms with Crippen molar-refractivity contribution in [3.63, 3.8) is 0 Å². The van der Waals surface area contributed by atoms with Crippen molar-refractivity contribution in [1.29, 1.82) is 0 Å². The van der Waals surface area contributed by atoms with Gasteiger partial charge in [0.05, 0.1) is 11.8 Å². The van der Waals surface area contributed by atoms with Crippen LogP contribution in [0.5, 0.6) is 0 Å². The molecule has 0 aliphatic carbocycles. The number of aromatic carboxylic acids is 1. The Bertz CT molecular complexity index is 295. The Labute approximate surface area is 76.2 Å². The average molecular weight is 183 g/mol. The third kappa shape index (κ3) is 2.55. The number of carboxylic acids is 1. The summed E-state index contributed by atoms with van der Waals surface area (Å²) in [6.45, 7) is 3.22. The van der Waals surface area contributed by atoms with Gasteiger partial charge in [0.1, 0.15) is 0 Å². The summed E-state index contributed by atoms with van der Waals surface area (Å²) in [4.78, 5) is 10.5. The smallest absolute Gasteiger partial charge is 0.338 e. The molecule has 0 amide bonds. The van der Waals surface area contributed by atoms with Gasteiger partial charge in [0, 0.05) is 12.7 Å². The SMILES string of the molecule is CC(CN)Cn1cc(C(=O)O)cn1. The number of carbonyl (C=O) groups is 1. The molecule has 72 valence electrons. The number of aromatic nitrogens is 2. The predicted molar refractivity (Wildman–Crippen MR) is 47.4 cm³/mol. The standard InChI is InChI=1S/C8H13N3O2/c1-6(2-9)4-11-5-7(3-10-11)8(12)13/h3,5-6H,2,4,9H2,1H3,(H,12,13). The second-order valence-electron chi connectivity index (χ2n) is 3.10. The molecule has 5 nitrogen and oxygen atoms in total. The Morgan fingerprint density at radius 1 is 1.85 bits per heavy atom. The van der Waals surface area contributed by atoms with Crippen LogP contribution in [0.2, 0.25) is 0 Å². The van der Waals surface area contributed by atoms with Gasteiger partial charge >= 0.3 is 5.97 Å². The zero-order valence-electron chi connectivity index (χ0n) is 7.47. The van der Waals surface area contributed by atoms with E-state index in [1.807, 2.05) is 6.92 Å². The third-order valence-electron chi connectivity index (χ3n) is 1.78. The molecule has 0 aliphatic heterocycles. The molecule has 0 aromatic carbocycles. The van der Waals surface area contributed by atoms with Gasteiger partial charge in [-0.1, -0.05) is 6.92 Å². The Kier molecular flexibility index (Phi) is 3.02. The highest BCUT2D eigenvalue weighted by Crippen LogP contribution is 2.01. The van der Waals surface area contributed by atoms with Crippen LogP contribution >= 0.6 is 0 Å². The third-order valence-corrected chi connectivity index (χ3v) is 1.78. The zero-order chi connectivity index (χ0) is 9.84. The molecule has 13 heavy (non-hydrogen) atoms. The molecule has 0 saturated heterocycles. The van der Waals surface area contributed by atoms with Gasteiger partial charge in [0.2, 0.25) is 0 Å². The normalized spacial score (nSPS) is 12.8. The van der Waals surface area contributed by atoms with Crippen molar-refractivity contribution in [1.82, 2.24) is 9.78 Å². The molecule has 1 rings (SSSR count). The quantitative estimate of drug-likeness (QED) is 0.697. The summed E-state index contributed by atoms with van der Waals surface area (Å²) in [5, 5.41) is 12.5. The van der Waals surface area contributed by atoms with Gasteiger partial charge in [-0.2, -0.15) is 5.10 Å². The molecule has 1 aromatic rings. The van der Waals surface area contributed by atoms with Gasteiger partial charge in [-0.15, -0.1) is 0 Å². The molecule has 1 unspecified atom stereocenters. The molecular formula is C8H13N3O2. The van der Waals surface area contributed by atoms with E-state index in [4.69, 9.17) is 10.8 Å². The monoisotopic (exact) mass is 183 g/mol. The highest BCUT2D eigenvalue weighted by Gasteiger charge is 2.07. The average Bonchev–Trinajstić information content (AvgIpc) is 2.52. The number of nitrogens with two attached hydrogens (primary N) is 1. The van der Waals surface area contributed by atoms with E-state index in [1.54, 1.807) is 4.68 Å². The molecule has 0 bridgehead atoms. The number of nitrogens with zero attached hydrogens (tertiary/aromatic N) is 2. The van der Waals surface area contributed by atoms with Crippen molar-refractivity contribution in [2.75, 3.05) is 6.54 Å². The van der Waals surface area contributed by atoms with Crippen LogP contribution in [0.4, 0.5) is 0 Å². The molecule has 3 N–H and O–H groups in total. The van der Waals surface area contributed by atoms with Gasteiger partial charge in [-0.3, -0.25) is 4.68 Å². The fourth-order valence-electron chi connectivity index (χ4n) is 0.968. The largest absolute Gasteiger partial charge is 0.478 e. The highest BCUT2D eigenvalue weighted by atomic mass is 16.4. The van der Waals surface area contributed by atoms with E-state index in [-0.39, 0.29) is 5.56 Å². The summed E-state index contributed by atoms with van der Waals surface area (Å²) in [7, 11) is 0. The Balaban J connectivity index is 2.64. The maximum atomic E-state index is 10.5. The van der Waals surface area contributed by atoms with E-state index in [1.165, 1.54) is 12.4 Å². The second-order valence-corrected chi connectivity index (χ2v) is 3.10. The first kappa shape index (κ1) is 9.73. The van der Waals surface area contributed by atoms with E-state index in [2.05, 4.69) is 5.10 Å². The van der Waals surface area contributed by atoms with Crippen molar-refractivity contribution in [2.24, 2.45) is 11.7 Å². The second kappa shape index (κ2) is 4.04. The van der Waals surface area contributed by atoms with Crippen LogP contribution in [0.1, 0.15) is 17.3 Å². The lowest BCUT2D eigenvalue weighted by Gasteiger charge is -2.06. The van der Waals surface area contributed by atoms with E-state index < -0.39 is 5.97 Å². The molecule has 5 heteroatoms. The van der Waals surface area contributed by atoms with Crippen LogP contribution in [0.3, 0.4) is 0 Å². The topological polar surface area (TPSA) is 81.1 Å². The molecule has 0 radical (unpaired) electrons. The maximum absolute atomic E-state index is 10.5. The lowest BCUT2D eigenvalue weighted by atomic mass is 10.2. The van der Waals surface area contributed by atoms with Gasteiger partial charge in [-0.05, 0) is 12.5 Å². The summed E-state index contributed by atoms with van der Waals surface area (Å²) >= 11 is 0. The Morgan fingerprint density at radius 3 is 3.00 bits per heavy atom. The van der Waals surface area contributed by atoms with Gasteiger partial charge < -0.3 is 10.8 Å². The fourth-order valence-corrected chi connectivity index (χ4v) is 0.968. The van der Waals surface area contributed by atoms with Crippen LogP contribution in [-0.2, 0) is 6.54 Å². The Morgan fingerprint density at radius 2 is 2.54 bits per heavy atom. The maximum Gasteiger partial charge on any atom is 0.338 e. The summed E-state index contributed by atoms with van der Waals surface area (Å²) in [5.74, 6) is -0.645. The zero-order valence-corrected chi connectivity index (χ0v) is 7.47. The first-order valence-corrected chi connectivity index (χ1v) is 4.09. The molecule has 0 spiro atoms. The summed E-state index contributed by atoms with van der Waals surface area (Å²) in [5.41, 5.74) is 5.64. The number of carboxylic acid groups (broad SMARTS) is 1. The van der Waals surface area contributed by atoms with Crippen LogP contribution in [-0.4, -0.2) is 27.4 Å². The predicted octanol–water partition coefficient (Wildman–Crippen LogP) is 0.176. The number of hydrogen-bond acceptors (Lipinski definition) is 3. The molecule has 1 aromatic heterocycles. The van der Waals surface area contributed by atoms with Crippen LogP contribution < -0.4 is 5.73 Å². The lowest BCUT2D eigenvalue weighted by molar-refractivity contribution is 0.0696. The first-order chi connectivity index (χ1) is 6.13. The van der Waals surface area contributed by atoms with E-state index >= 15 is 0 Å². The summed E-state index contributed by atoms with van der Waals surface area (Å²) in [6, 6.07) is 0. The van der Waals surface area contributed by atoms with Crippen LogP contribution in [0.25, 0.3) is 0 Å². The number of rotatable bonds is 4. The molecule has 1 heterocycles. The van der Waals surface area contributed by atoms with Gasteiger partial charge in [0.15, 0.2) is 0 Å². The van der Waals surface area contributed by atoms with Crippen molar-refractivity contribution < 1.29 is 9.90 Å². The molecule has 0 saturated carbocycles. The lowest BCUT2D eigenvalue weighted by Crippen LogP contribution is -2.17. The Hall–Kier alpha value is -1.36. The van der Waals surface area contributed by atoms with Crippen molar-refractivity contribution >= 4 is 5.97 Å². The molecule has 1 atom stereocenters. The van der Waals surface area contributed by atoms with Crippen LogP contribution in [0.15, 0.2) is 12.4 Å². The molecule has 0 aliphatic rings. The highest BCUT2D eigenvalue weighted by molar-refractivity contribution is 5.86. The molecule has 0 fully saturated rings. The number of hydrogen-bond donors (Lipinski definition) is 2. The summed E-state index contributed by atoms with van der Waals surface area (Å²) in [6.07, 6.45) is 2.85. The van der Waals surface area contributed by atoms with Crippen molar-refractivity contribution in [3.05, 3.63) is 18.0 Å². The molecular weight excluding hydrogens is 170 g/mol. The van der Waals surface area contributed by atoms with Gasteiger partial charge in [0.25, 0.3) is 0 Å². The summed E-state index contributed by atoms with van der Waals surface area (Å²) < 4.78 is 1.60. The van der Waals surface area contributed by atoms with Gasteiger partial charge in [-0.25, -0.2) is 4.79 Å². The van der Waals surface area contributed by atoms with Crippen molar-refractivity contribution in [2.45, 2.75) is 13.5 Å². The van der Waals surface area contributed by atoms with E-state index in [0.29, 0.717) is 19.0 Å². The van der Waals surface area contributed by atoms with Crippen molar-refractivity contribution in [3.8, 4) is 0 Å². The van der Waals surface area contributed by atoms with Crippen LogP contribution in [0, 0.1) is 5.92 Å². The minimum absolute atomic E-state index is 0.212. The first-order valence-electron chi connectivity index (χ1n) is 4.09.